The Morgan fingerprint density at radius 2 is 2.04 bits per heavy atom. The third-order valence-corrected chi connectivity index (χ3v) is 7.56. The van der Waals surface area contributed by atoms with Crippen LogP contribution in [0.3, 0.4) is 0 Å². The Hall–Kier alpha value is -1.55. The lowest BCUT2D eigenvalue weighted by atomic mass is 9.77. The molecule has 4 nitrogen and oxygen atoms in total. The number of amides is 1. The molecule has 27 heavy (non-hydrogen) atoms. The fourth-order valence-electron chi connectivity index (χ4n) is 6.16. The van der Waals surface area contributed by atoms with E-state index in [9.17, 15) is 9.90 Å². The molecule has 3 N–H and O–H groups in total. The van der Waals surface area contributed by atoms with Crippen LogP contribution in [0.5, 0.6) is 5.75 Å². The van der Waals surface area contributed by atoms with E-state index in [-0.39, 0.29) is 5.91 Å². The van der Waals surface area contributed by atoms with Crippen molar-refractivity contribution in [3.05, 3.63) is 29.8 Å². The zero-order valence-electron chi connectivity index (χ0n) is 16.4. The number of nitrogens with zero attached hydrogens (tertiary/aromatic N) is 1. The number of nitrogens with two attached hydrogens (primary N) is 1. The highest BCUT2D eigenvalue weighted by Crippen LogP contribution is 2.50. The predicted octanol–water partition coefficient (Wildman–Crippen LogP) is 4.32. The van der Waals surface area contributed by atoms with Crippen LogP contribution in [0, 0.1) is 5.92 Å². The molecular formula is C23H34N2O2. The summed E-state index contributed by atoms with van der Waals surface area (Å²) in [5.74, 6) is 1.37. The molecule has 2 heterocycles. The Bertz CT molecular complexity index is 670. The highest BCUT2D eigenvalue weighted by molar-refractivity contribution is 5.85. The van der Waals surface area contributed by atoms with Crippen molar-refractivity contribution in [2.75, 3.05) is 6.54 Å². The van der Waals surface area contributed by atoms with Crippen LogP contribution in [0.4, 0.5) is 0 Å². The minimum atomic E-state index is -0.481. The number of carbonyl (C=O) groups excluding carboxylic acids is 1. The van der Waals surface area contributed by atoms with Crippen molar-refractivity contribution in [2.24, 2.45) is 11.7 Å². The number of carbonyl (C=O) groups is 1. The monoisotopic (exact) mass is 370 g/mol. The SMILES string of the molecule is NC(=O)C12CCC(CC(c3cccc(O)c3)C1)N2CCCC1CCCCC1. The standard InChI is InChI=1S/C23H34N2O2/c24-22(27)23-12-11-20(14-19(16-23)18-9-4-10-21(26)15-18)25(23)13-5-8-17-6-2-1-3-7-17/h4,9-10,15,17,19-20,26H,1-3,5-8,11-14,16H2,(H2,24,27). The number of benzene rings is 1. The van der Waals surface area contributed by atoms with E-state index in [0.29, 0.717) is 17.7 Å². The third-order valence-electron chi connectivity index (χ3n) is 7.56. The van der Waals surface area contributed by atoms with Gasteiger partial charge >= 0.3 is 0 Å². The fraction of sp³-hybridized carbons (Fsp3) is 0.696. The van der Waals surface area contributed by atoms with Crippen molar-refractivity contribution >= 4 is 5.91 Å². The molecule has 4 heteroatoms. The Morgan fingerprint density at radius 3 is 2.78 bits per heavy atom. The molecule has 3 unspecified atom stereocenters. The smallest absolute Gasteiger partial charge is 0.237 e. The number of hydrogen-bond donors (Lipinski definition) is 2. The summed E-state index contributed by atoms with van der Waals surface area (Å²) in [6.45, 7) is 1.01. The lowest BCUT2D eigenvalue weighted by Crippen LogP contribution is -2.59. The first-order valence-electron chi connectivity index (χ1n) is 10.9. The van der Waals surface area contributed by atoms with Gasteiger partial charge in [-0.2, -0.15) is 0 Å². The van der Waals surface area contributed by atoms with Gasteiger partial charge in [0.05, 0.1) is 0 Å². The van der Waals surface area contributed by atoms with E-state index in [2.05, 4.69) is 11.0 Å². The summed E-state index contributed by atoms with van der Waals surface area (Å²) in [5.41, 5.74) is 6.65. The van der Waals surface area contributed by atoms with E-state index < -0.39 is 5.54 Å². The number of fused-ring (bicyclic) bond motifs is 2. The van der Waals surface area contributed by atoms with Crippen molar-refractivity contribution < 1.29 is 9.90 Å². The molecule has 2 aliphatic heterocycles. The predicted molar refractivity (Wildman–Crippen MR) is 108 cm³/mol. The summed E-state index contributed by atoms with van der Waals surface area (Å²) in [4.78, 5) is 15.1. The van der Waals surface area contributed by atoms with E-state index in [0.717, 1.165) is 43.7 Å². The second-order valence-corrected chi connectivity index (χ2v) is 9.16. The maximum Gasteiger partial charge on any atom is 0.237 e. The minimum absolute atomic E-state index is 0.146. The van der Waals surface area contributed by atoms with Gasteiger partial charge in [-0.25, -0.2) is 0 Å². The van der Waals surface area contributed by atoms with Gasteiger partial charge in [0.25, 0.3) is 0 Å². The molecule has 3 aliphatic rings. The van der Waals surface area contributed by atoms with Gasteiger partial charge in [0.1, 0.15) is 11.3 Å². The van der Waals surface area contributed by atoms with Crippen molar-refractivity contribution in [3.63, 3.8) is 0 Å². The van der Waals surface area contributed by atoms with Gasteiger partial charge in [-0.3, -0.25) is 9.69 Å². The quantitative estimate of drug-likeness (QED) is 0.784. The first-order chi connectivity index (χ1) is 13.1. The molecule has 1 amide bonds. The molecule has 1 aromatic rings. The fourth-order valence-corrected chi connectivity index (χ4v) is 6.16. The second-order valence-electron chi connectivity index (χ2n) is 9.16. The number of primary amides is 1. The van der Waals surface area contributed by atoms with Crippen LogP contribution in [-0.2, 0) is 4.79 Å². The normalized spacial score (nSPS) is 31.9. The van der Waals surface area contributed by atoms with E-state index in [4.69, 9.17) is 5.73 Å². The van der Waals surface area contributed by atoms with E-state index in [1.807, 2.05) is 12.1 Å². The maximum absolute atomic E-state index is 12.6. The summed E-state index contributed by atoms with van der Waals surface area (Å²) in [7, 11) is 0. The highest BCUT2D eigenvalue weighted by atomic mass is 16.3. The van der Waals surface area contributed by atoms with Crippen LogP contribution in [0.1, 0.15) is 82.1 Å². The summed E-state index contributed by atoms with van der Waals surface area (Å²) >= 11 is 0. The number of hydrogen-bond acceptors (Lipinski definition) is 3. The number of rotatable bonds is 6. The molecule has 2 saturated heterocycles. The zero-order valence-corrected chi connectivity index (χ0v) is 16.4. The molecule has 0 radical (unpaired) electrons. The Labute approximate surface area is 163 Å². The average Bonchev–Trinajstić information content (AvgIpc) is 2.88. The van der Waals surface area contributed by atoms with Gasteiger partial charge < -0.3 is 10.8 Å². The van der Waals surface area contributed by atoms with Crippen LogP contribution >= 0.6 is 0 Å². The van der Waals surface area contributed by atoms with Gasteiger partial charge in [0.15, 0.2) is 0 Å². The molecule has 3 fully saturated rings. The molecule has 2 bridgehead atoms. The molecule has 4 rings (SSSR count). The summed E-state index contributed by atoms with van der Waals surface area (Å²) in [6, 6.07) is 8.00. The number of aromatic hydroxyl groups is 1. The van der Waals surface area contributed by atoms with Crippen molar-refractivity contribution in [1.29, 1.82) is 0 Å². The Morgan fingerprint density at radius 1 is 1.22 bits per heavy atom. The van der Waals surface area contributed by atoms with Crippen LogP contribution < -0.4 is 5.73 Å². The van der Waals surface area contributed by atoms with Crippen LogP contribution in [0.25, 0.3) is 0 Å². The largest absolute Gasteiger partial charge is 0.508 e. The van der Waals surface area contributed by atoms with Crippen molar-refractivity contribution in [1.82, 2.24) is 4.90 Å². The molecule has 1 aromatic carbocycles. The topological polar surface area (TPSA) is 66.6 Å². The van der Waals surface area contributed by atoms with Gasteiger partial charge in [0.2, 0.25) is 5.91 Å². The van der Waals surface area contributed by atoms with E-state index in [1.165, 1.54) is 44.9 Å². The van der Waals surface area contributed by atoms with E-state index in [1.54, 1.807) is 6.07 Å². The lowest BCUT2D eigenvalue weighted by molar-refractivity contribution is -0.132. The molecular weight excluding hydrogens is 336 g/mol. The molecule has 0 spiro atoms. The van der Waals surface area contributed by atoms with Gasteiger partial charge in [-0.15, -0.1) is 0 Å². The van der Waals surface area contributed by atoms with Crippen LogP contribution in [0.2, 0.25) is 0 Å². The number of piperidine rings is 1. The molecule has 148 valence electrons. The molecule has 0 aromatic heterocycles. The number of phenolic OH excluding ortho intramolecular Hbond substituents is 1. The summed E-state index contributed by atoms with van der Waals surface area (Å²) < 4.78 is 0. The highest BCUT2D eigenvalue weighted by Gasteiger charge is 2.55. The second kappa shape index (κ2) is 7.83. The van der Waals surface area contributed by atoms with E-state index >= 15 is 0 Å². The molecule has 3 atom stereocenters. The van der Waals surface area contributed by atoms with Crippen LogP contribution in [0.15, 0.2) is 24.3 Å². The zero-order chi connectivity index (χ0) is 18.9. The third kappa shape index (κ3) is 3.73. The van der Waals surface area contributed by atoms with Crippen molar-refractivity contribution in [3.8, 4) is 5.75 Å². The minimum Gasteiger partial charge on any atom is -0.508 e. The first kappa shape index (κ1) is 18.8. The Balaban J connectivity index is 1.44. The van der Waals surface area contributed by atoms with Crippen molar-refractivity contribution in [2.45, 2.75) is 88.1 Å². The lowest BCUT2D eigenvalue weighted by Gasteiger charge is -2.46. The number of phenols is 1. The summed E-state index contributed by atoms with van der Waals surface area (Å²) in [6.07, 6.45) is 13.3. The average molecular weight is 371 g/mol. The van der Waals surface area contributed by atoms with Gasteiger partial charge in [-0.1, -0.05) is 44.2 Å². The van der Waals surface area contributed by atoms with Gasteiger partial charge in [0, 0.05) is 6.04 Å². The maximum atomic E-state index is 12.6. The molecule has 1 saturated carbocycles. The summed E-state index contributed by atoms with van der Waals surface area (Å²) in [5, 5.41) is 9.85. The van der Waals surface area contributed by atoms with Gasteiger partial charge in [-0.05, 0) is 74.6 Å². The Kier molecular flexibility index (Phi) is 5.45. The molecule has 1 aliphatic carbocycles. The first-order valence-corrected chi connectivity index (χ1v) is 10.9. The van der Waals surface area contributed by atoms with Crippen LogP contribution in [-0.4, -0.2) is 34.0 Å².